The highest BCUT2D eigenvalue weighted by molar-refractivity contribution is 5.24. The van der Waals surface area contributed by atoms with Crippen molar-refractivity contribution in [3.05, 3.63) is 11.6 Å². The molecular formula is C28H48. The Morgan fingerprint density at radius 2 is 1.79 bits per heavy atom. The molecule has 4 rings (SSSR count). The van der Waals surface area contributed by atoms with Crippen molar-refractivity contribution in [1.29, 1.82) is 0 Å². The predicted molar refractivity (Wildman–Crippen MR) is 122 cm³/mol. The van der Waals surface area contributed by atoms with Crippen molar-refractivity contribution < 1.29 is 0 Å². The Morgan fingerprint density at radius 3 is 2.57 bits per heavy atom. The highest BCUT2D eigenvalue weighted by Gasteiger charge is 2.57. The summed E-state index contributed by atoms with van der Waals surface area (Å²) in [6, 6.07) is 0. The van der Waals surface area contributed by atoms with Crippen LogP contribution in [0.5, 0.6) is 0 Å². The number of hydrogen-bond donors (Lipinski definition) is 0. The van der Waals surface area contributed by atoms with Gasteiger partial charge in [-0.05, 0) is 104 Å². The van der Waals surface area contributed by atoms with E-state index < -0.39 is 0 Å². The van der Waals surface area contributed by atoms with Gasteiger partial charge < -0.3 is 0 Å². The van der Waals surface area contributed by atoms with E-state index >= 15 is 0 Å². The minimum absolute atomic E-state index is 0.574. The van der Waals surface area contributed by atoms with Gasteiger partial charge >= 0.3 is 0 Å². The molecule has 7 atom stereocenters. The zero-order chi connectivity index (χ0) is 19.9. The number of rotatable bonds is 6. The lowest BCUT2D eigenvalue weighted by molar-refractivity contribution is -0.0442. The van der Waals surface area contributed by atoms with Crippen LogP contribution in [0.1, 0.15) is 118 Å². The molecule has 0 N–H and O–H groups in total. The molecule has 0 aromatic rings. The van der Waals surface area contributed by atoms with Crippen LogP contribution in [0.3, 0.4) is 0 Å². The molecule has 4 aliphatic rings. The molecule has 0 bridgehead atoms. The maximum absolute atomic E-state index is 2.74. The van der Waals surface area contributed by atoms with Gasteiger partial charge in [0, 0.05) is 0 Å². The lowest BCUT2D eigenvalue weighted by atomic mass is 9.47. The second kappa shape index (κ2) is 8.11. The Kier molecular flexibility index (Phi) is 6.08. The van der Waals surface area contributed by atoms with Gasteiger partial charge in [0.15, 0.2) is 0 Å². The smallest absolute Gasteiger partial charge is 0.00853 e. The Bertz CT molecular complexity index is 571. The topological polar surface area (TPSA) is 0 Å². The first-order valence-corrected chi connectivity index (χ1v) is 13.0. The summed E-state index contributed by atoms with van der Waals surface area (Å²) in [5.41, 5.74) is 3.10. The second-order valence-corrected chi connectivity index (χ2v) is 12.5. The van der Waals surface area contributed by atoms with Crippen LogP contribution in [0.25, 0.3) is 0 Å². The van der Waals surface area contributed by atoms with Crippen LogP contribution in [0.2, 0.25) is 0 Å². The third-order valence-corrected chi connectivity index (χ3v) is 10.4. The van der Waals surface area contributed by atoms with E-state index in [0.717, 1.165) is 35.5 Å². The Balaban J connectivity index is 1.43. The number of allylic oxidation sites excluding steroid dienone is 2. The van der Waals surface area contributed by atoms with Gasteiger partial charge in [-0.1, -0.05) is 72.0 Å². The van der Waals surface area contributed by atoms with Crippen LogP contribution in [0, 0.1) is 46.3 Å². The summed E-state index contributed by atoms with van der Waals surface area (Å²) in [5, 5.41) is 0. The minimum atomic E-state index is 0.574. The first-order valence-electron chi connectivity index (χ1n) is 13.0. The van der Waals surface area contributed by atoms with Crippen molar-refractivity contribution in [1.82, 2.24) is 0 Å². The van der Waals surface area contributed by atoms with Crippen molar-refractivity contribution >= 4 is 0 Å². The first-order chi connectivity index (χ1) is 13.3. The molecule has 4 aliphatic carbocycles. The van der Waals surface area contributed by atoms with Gasteiger partial charge in [0.2, 0.25) is 0 Å². The monoisotopic (exact) mass is 384 g/mol. The molecule has 0 heterocycles. The summed E-state index contributed by atoms with van der Waals surface area (Å²) >= 11 is 0. The largest absolute Gasteiger partial charge is 0.0845 e. The summed E-state index contributed by atoms with van der Waals surface area (Å²) in [5.74, 6) is 5.86. The SMILES string of the molecule is CC(C)CCCC(C)C[C@H]1CCC2C3CC=C4CCCC[C@]4(C)C3CC[C@@]21C. The van der Waals surface area contributed by atoms with Crippen molar-refractivity contribution in [3.63, 3.8) is 0 Å². The maximum atomic E-state index is 2.74. The standard InChI is InChI=1S/C28H48/c1-20(2)9-8-10-21(3)19-23-13-15-25-24-14-12-22-11-6-7-17-27(22,4)26(24)16-18-28(23,25)5/h12,20-21,23-26H,6-11,13-19H2,1-5H3/t21?,23-,24?,25?,26?,27+,28-/m1/s1. The average Bonchev–Trinajstić information content (AvgIpc) is 2.97. The Labute approximate surface area is 176 Å². The molecule has 3 saturated carbocycles. The number of hydrogen-bond acceptors (Lipinski definition) is 0. The van der Waals surface area contributed by atoms with Crippen LogP contribution < -0.4 is 0 Å². The molecular weight excluding hydrogens is 336 g/mol. The van der Waals surface area contributed by atoms with Crippen LogP contribution in [-0.2, 0) is 0 Å². The van der Waals surface area contributed by atoms with Gasteiger partial charge in [0.1, 0.15) is 0 Å². The van der Waals surface area contributed by atoms with Crippen molar-refractivity contribution in [2.24, 2.45) is 46.3 Å². The van der Waals surface area contributed by atoms with Crippen molar-refractivity contribution in [3.8, 4) is 0 Å². The lowest BCUT2D eigenvalue weighted by Crippen LogP contribution is -2.49. The molecule has 4 unspecified atom stereocenters. The fourth-order valence-corrected chi connectivity index (χ4v) is 8.67. The van der Waals surface area contributed by atoms with Crippen LogP contribution in [0.15, 0.2) is 11.6 Å². The Hall–Kier alpha value is -0.260. The summed E-state index contributed by atoms with van der Waals surface area (Å²) in [6.07, 6.45) is 22.0. The van der Waals surface area contributed by atoms with Crippen molar-refractivity contribution in [2.75, 3.05) is 0 Å². The normalized spacial score (nSPS) is 43.9. The quantitative estimate of drug-likeness (QED) is 0.401. The van der Waals surface area contributed by atoms with Gasteiger partial charge in [-0.3, -0.25) is 0 Å². The van der Waals surface area contributed by atoms with Gasteiger partial charge in [-0.25, -0.2) is 0 Å². The predicted octanol–water partition coefficient (Wildman–Crippen LogP) is 8.81. The highest BCUT2D eigenvalue weighted by atomic mass is 14.6. The van der Waals surface area contributed by atoms with Gasteiger partial charge in [-0.2, -0.15) is 0 Å². The second-order valence-electron chi connectivity index (χ2n) is 12.5. The molecule has 0 amide bonds. The first kappa shape index (κ1) is 21.0. The molecule has 0 heteroatoms. The summed E-state index contributed by atoms with van der Waals surface area (Å²) < 4.78 is 0. The van der Waals surface area contributed by atoms with E-state index in [9.17, 15) is 0 Å². The third kappa shape index (κ3) is 3.65. The van der Waals surface area contributed by atoms with Crippen molar-refractivity contribution in [2.45, 2.75) is 118 Å². The van der Waals surface area contributed by atoms with E-state index in [1.165, 1.54) is 77.0 Å². The van der Waals surface area contributed by atoms with Crippen LogP contribution >= 0.6 is 0 Å². The van der Waals surface area contributed by atoms with E-state index in [2.05, 4.69) is 40.7 Å². The fraction of sp³-hybridized carbons (Fsp3) is 0.929. The minimum Gasteiger partial charge on any atom is -0.0845 e. The summed E-state index contributed by atoms with van der Waals surface area (Å²) in [6.45, 7) is 12.7. The van der Waals surface area contributed by atoms with Gasteiger partial charge in [-0.15, -0.1) is 0 Å². The van der Waals surface area contributed by atoms with E-state index in [0.29, 0.717) is 10.8 Å². The summed E-state index contributed by atoms with van der Waals surface area (Å²) in [4.78, 5) is 0. The Morgan fingerprint density at radius 1 is 0.964 bits per heavy atom. The molecule has 28 heavy (non-hydrogen) atoms. The lowest BCUT2D eigenvalue weighted by Gasteiger charge is -2.57. The van der Waals surface area contributed by atoms with Gasteiger partial charge in [0.25, 0.3) is 0 Å². The van der Waals surface area contributed by atoms with Crippen LogP contribution in [-0.4, -0.2) is 0 Å². The third-order valence-electron chi connectivity index (χ3n) is 10.4. The highest BCUT2D eigenvalue weighted by Crippen LogP contribution is 2.66. The van der Waals surface area contributed by atoms with Crippen LogP contribution in [0.4, 0.5) is 0 Å². The fourth-order valence-electron chi connectivity index (χ4n) is 8.67. The van der Waals surface area contributed by atoms with E-state index in [1.807, 2.05) is 5.57 Å². The zero-order valence-electron chi connectivity index (χ0n) is 19.7. The number of fused-ring (bicyclic) bond motifs is 5. The van der Waals surface area contributed by atoms with Gasteiger partial charge in [0.05, 0.1) is 0 Å². The summed E-state index contributed by atoms with van der Waals surface area (Å²) in [7, 11) is 0. The molecule has 0 aromatic carbocycles. The van der Waals surface area contributed by atoms with E-state index in [4.69, 9.17) is 0 Å². The molecule has 0 spiro atoms. The molecule has 0 saturated heterocycles. The van der Waals surface area contributed by atoms with E-state index in [-0.39, 0.29) is 0 Å². The molecule has 3 fully saturated rings. The molecule has 0 aromatic heterocycles. The van der Waals surface area contributed by atoms with E-state index in [1.54, 1.807) is 6.42 Å². The maximum Gasteiger partial charge on any atom is -0.00853 e. The zero-order valence-corrected chi connectivity index (χ0v) is 19.7. The molecule has 0 radical (unpaired) electrons. The molecule has 160 valence electrons. The molecule has 0 nitrogen and oxygen atoms in total. The average molecular weight is 385 g/mol. The molecule has 0 aliphatic heterocycles.